The van der Waals surface area contributed by atoms with Gasteiger partial charge in [0.1, 0.15) is 28.4 Å². The number of fused-ring (bicyclic) bond motifs is 2. The number of hydrogen-bond donors (Lipinski definition) is 4. The van der Waals surface area contributed by atoms with Crippen LogP contribution in [0.5, 0.6) is 17.2 Å². The molecule has 1 aliphatic carbocycles. The molecule has 0 fully saturated rings. The van der Waals surface area contributed by atoms with Crippen LogP contribution >= 0.6 is 0 Å². The summed E-state index contributed by atoms with van der Waals surface area (Å²) in [6.45, 7) is 1.72. The summed E-state index contributed by atoms with van der Waals surface area (Å²) in [5.41, 5.74) is 0.899. The molecule has 1 aromatic heterocycles. The number of aliphatic hydroxyl groups is 1. The molecule has 3 aromatic carbocycles. The Balaban J connectivity index is 2.23. The van der Waals surface area contributed by atoms with Crippen LogP contribution in [0.15, 0.2) is 39.5 Å². The molecule has 0 saturated carbocycles. The van der Waals surface area contributed by atoms with Crippen molar-refractivity contribution in [3.05, 3.63) is 51.7 Å². The standard InChI is InChI=1S/C20H14O6/c1-7-14-9(22)5-10(23)15-11(24)6-13-17(18(14)15)19(20(7)25)16-8(21)3-2-4-12(16)26-13/h2-7,20-22,24-25H,1H3/t7-,20+/m1/s1. The molecule has 6 heteroatoms. The van der Waals surface area contributed by atoms with Gasteiger partial charge in [-0.2, -0.15) is 0 Å². The maximum atomic E-state index is 12.4. The van der Waals surface area contributed by atoms with E-state index in [0.29, 0.717) is 32.9 Å². The fraction of sp³-hybridized carbons (Fsp3) is 0.150. The van der Waals surface area contributed by atoms with Crippen LogP contribution in [0.1, 0.15) is 30.1 Å². The first-order chi connectivity index (χ1) is 12.4. The summed E-state index contributed by atoms with van der Waals surface area (Å²) in [5.74, 6) is -1.09. The number of hydrogen-bond acceptors (Lipinski definition) is 6. The first kappa shape index (κ1) is 15.0. The molecule has 4 aromatic rings. The van der Waals surface area contributed by atoms with E-state index in [1.54, 1.807) is 19.1 Å². The van der Waals surface area contributed by atoms with E-state index in [-0.39, 0.29) is 28.2 Å². The predicted octanol–water partition coefficient (Wildman–Crippen LogP) is 3.37. The molecule has 0 bridgehead atoms. The molecule has 4 N–H and O–H groups in total. The molecule has 2 atom stereocenters. The lowest BCUT2D eigenvalue weighted by molar-refractivity contribution is 0.152. The molecular formula is C20H14O6. The predicted molar refractivity (Wildman–Crippen MR) is 95.9 cm³/mol. The van der Waals surface area contributed by atoms with E-state index in [2.05, 4.69) is 0 Å². The van der Waals surface area contributed by atoms with E-state index in [0.717, 1.165) is 6.07 Å². The van der Waals surface area contributed by atoms with Crippen LogP contribution in [0, 0.1) is 0 Å². The van der Waals surface area contributed by atoms with Gasteiger partial charge in [-0.25, -0.2) is 0 Å². The summed E-state index contributed by atoms with van der Waals surface area (Å²) < 4.78 is 5.83. The first-order valence-corrected chi connectivity index (χ1v) is 8.18. The minimum Gasteiger partial charge on any atom is -0.507 e. The monoisotopic (exact) mass is 350 g/mol. The molecular weight excluding hydrogens is 336 g/mol. The zero-order valence-electron chi connectivity index (χ0n) is 13.6. The molecule has 0 aliphatic heterocycles. The van der Waals surface area contributed by atoms with Gasteiger partial charge in [-0.15, -0.1) is 0 Å². The maximum Gasteiger partial charge on any atom is 0.193 e. The van der Waals surface area contributed by atoms with Crippen LogP contribution in [0.3, 0.4) is 0 Å². The van der Waals surface area contributed by atoms with Crippen molar-refractivity contribution >= 4 is 32.7 Å². The van der Waals surface area contributed by atoms with E-state index in [4.69, 9.17) is 4.42 Å². The lowest BCUT2D eigenvalue weighted by atomic mass is 9.78. The molecule has 130 valence electrons. The van der Waals surface area contributed by atoms with Crippen LogP contribution in [0.4, 0.5) is 0 Å². The molecule has 0 saturated heterocycles. The average Bonchev–Trinajstić information content (AvgIpc) is 2.58. The van der Waals surface area contributed by atoms with E-state index < -0.39 is 17.5 Å². The van der Waals surface area contributed by atoms with Crippen LogP contribution in [-0.2, 0) is 0 Å². The second-order valence-electron chi connectivity index (χ2n) is 6.73. The topological polar surface area (TPSA) is 111 Å². The molecule has 5 rings (SSSR count). The molecule has 1 aliphatic rings. The van der Waals surface area contributed by atoms with Gasteiger partial charge in [0.25, 0.3) is 0 Å². The highest BCUT2D eigenvalue weighted by Gasteiger charge is 2.35. The number of benzene rings is 3. The largest absolute Gasteiger partial charge is 0.507 e. The molecule has 0 radical (unpaired) electrons. The van der Waals surface area contributed by atoms with E-state index in [1.807, 2.05) is 0 Å². The fourth-order valence-electron chi connectivity index (χ4n) is 4.20. The van der Waals surface area contributed by atoms with Gasteiger partial charge in [-0.1, -0.05) is 13.0 Å². The van der Waals surface area contributed by atoms with Crippen LogP contribution in [0.2, 0.25) is 0 Å². The molecule has 0 unspecified atom stereocenters. The van der Waals surface area contributed by atoms with Crippen LogP contribution in [-0.4, -0.2) is 20.4 Å². The van der Waals surface area contributed by atoms with E-state index in [1.165, 1.54) is 12.1 Å². The van der Waals surface area contributed by atoms with Crippen molar-refractivity contribution in [1.82, 2.24) is 0 Å². The van der Waals surface area contributed by atoms with Crippen molar-refractivity contribution < 1.29 is 24.8 Å². The Morgan fingerprint density at radius 2 is 1.62 bits per heavy atom. The lowest BCUT2D eigenvalue weighted by Crippen LogP contribution is -2.16. The van der Waals surface area contributed by atoms with E-state index in [9.17, 15) is 25.2 Å². The third kappa shape index (κ3) is 1.62. The van der Waals surface area contributed by atoms with Crippen molar-refractivity contribution in [3.8, 4) is 17.2 Å². The van der Waals surface area contributed by atoms with Gasteiger partial charge in [0.2, 0.25) is 0 Å². The molecule has 6 nitrogen and oxygen atoms in total. The molecule has 1 heterocycles. The minimum atomic E-state index is -1.03. The maximum absolute atomic E-state index is 12.4. The minimum absolute atomic E-state index is 0.0541. The highest BCUT2D eigenvalue weighted by molar-refractivity contribution is 6.17. The van der Waals surface area contributed by atoms with Gasteiger partial charge < -0.3 is 24.8 Å². The number of phenols is 3. The number of rotatable bonds is 0. The Morgan fingerprint density at radius 1 is 0.846 bits per heavy atom. The third-order valence-electron chi connectivity index (χ3n) is 5.32. The lowest BCUT2D eigenvalue weighted by Gasteiger charge is -2.30. The smallest absolute Gasteiger partial charge is 0.193 e. The van der Waals surface area contributed by atoms with Crippen molar-refractivity contribution in [2.75, 3.05) is 0 Å². The summed E-state index contributed by atoms with van der Waals surface area (Å²) in [6.07, 6.45) is -1.03. The summed E-state index contributed by atoms with van der Waals surface area (Å²) in [6, 6.07) is 7.14. The molecule has 0 spiro atoms. The van der Waals surface area contributed by atoms with Crippen LogP contribution in [0.25, 0.3) is 32.7 Å². The first-order valence-electron chi connectivity index (χ1n) is 8.18. The summed E-state index contributed by atoms with van der Waals surface area (Å²) in [7, 11) is 0. The zero-order chi connectivity index (χ0) is 18.3. The Morgan fingerprint density at radius 3 is 2.38 bits per heavy atom. The van der Waals surface area contributed by atoms with E-state index >= 15 is 0 Å². The van der Waals surface area contributed by atoms with Crippen molar-refractivity contribution in [3.63, 3.8) is 0 Å². The van der Waals surface area contributed by atoms with Gasteiger partial charge in [0, 0.05) is 39.9 Å². The van der Waals surface area contributed by atoms with Crippen molar-refractivity contribution in [2.24, 2.45) is 0 Å². The van der Waals surface area contributed by atoms with Gasteiger partial charge in [0.15, 0.2) is 5.43 Å². The number of aliphatic hydroxyl groups excluding tert-OH is 1. The number of aromatic hydroxyl groups is 3. The SMILES string of the molecule is C[C@@H]1c2c(O)cc(=O)c3c(O)cc4oc5cccc(O)c5c(c4c23)[C@H]1O. The molecule has 0 amide bonds. The Kier molecular flexibility index (Phi) is 2.71. The zero-order valence-corrected chi connectivity index (χ0v) is 13.6. The van der Waals surface area contributed by atoms with Gasteiger partial charge in [-0.3, -0.25) is 4.79 Å². The average molecular weight is 350 g/mol. The van der Waals surface area contributed by atoms with Crippen molar-refractivity contribution in [1.29, 1.82) is 0 Å². The Labute approximate surface area is 146 Å². The highest BCUT2D eigenvalue weighted by atomic mass is 16.3. The Hall–Kier alpha value is -3.25. The summed E-state index contributed by atoms with van der Waals surface area (Å²) in [4.78, 5) is 12.4. The molecule has 26 heavy (non-hydrogen) atoms. The third-order valence-corrected chi connectivity index (χ3v) is 5.32. The summed E-state index contributed by atoms with van der Waals surface area (Å²) in [5, 5.41) is 43.3. The second-order valence-corrected chi connectivity index (χ2v) is 6.73. The second kappa shape index (κ2) is 4.68. The highest BCUT2D eigenvalue weighted by Crippen LogP contribution is 2.52. The summed E-state index contributed by atoms with van der Waals surface area (Å²) >= 11 is 0. The number of phenolic OH excluding ortho intramolecular Hbond substituents is 3. The van der Waals surface area contributed by atoms with Gasteiger partial charge >= 0.3 is 0 Å². The fourth-order valence-corrected chi connectivity index (χ4v) is 4.20. The quantitative estimate of drug-likeness (QED) is 0.286. The van der Waals surface area contributed by atoms with Gasteiger partial charge in [-0.05, 0) is 12.1 Å². The van der Waals surface area contributed by atoms with Crippen LogP contribution < -0.4 is 5.43 Å². The normalized spacial score (nSPS) is 19.0. The van der Waals surface area contributed by atoms with Crippen molar-refractivity contribution in [2.45, 2.75) is 18.9 Å². The Bertz CT molecular complexity index is 1320. The van der Waals surface area contributed by atoms with Gasteiger partial charge in [0.05, 0.1) is 16.9 Å².